The third-order valence-electron chi connectivity index (χ3n) is 1.79. The molecule has 0 amide bonds. The predicted molar refractivity (Wildman–Crippen MR) is 51.8 cm³/mol. The van der Waals surface area contributed by atoms with Gasteiger partial charge in [0, 0.05) is 5.88 Å². The lowest BCUT2D eigenvalue weighted by Gasteiger charge is -1.99. The van der Waals surface area contributed by atoms with E-state index in [0.29, 0.717) is 5.75 Å². The van der Waals surface area contributed by atoms with E-state index in [4.69, 9.17) is 16.7 Å². The molecule has 1 nitrogen and oxygen atoms in total. The van der Waals surface area contributed by atoms with Crippen molar-refractivity contribution in [3.8, 4) is 5.75 Å². The Morgan fingerprint density at radius 2 is 1.75 bits per heavy atom. The zero-order chi connectivity index (χ0) is 8.81. The topological polar surface area (TPSA) is 20.2 Å². The lowest BCUT2D eigenvalue weighted by molar-refractivity contribution is 0.475. The van der Waals surface area contributed by atoms with Gasteiger partial charge in [0.25, 0.3) is 0 Å². The second-order valence-electron chi connectivity index (χ2n) is 2.81. The number of halogens is 1. The number of phenols is 1. The predicted octanol–water partition coefficient (Wildman–Crippen LogP) is 2.95. The number of hydrogen-bond acceptors (Lipinski definition) is 1. The largest absolute Gasteiger partial charge is 0.508 e. The van der Waals surface area contributed by atoms with E-state index < -0.39 is 0 Å². The van der Waals surface area contributed by atoms with Gasteiger partial charge >= 0.3 is 0 Å². The normalized spacial score (nSPS) is 10.1. The maximum Gasteiger partial charge on any atom is 0.115 e. The van der Waals surface area contributed by atoms with Gasteiger partial charge < -0.3 is 5.11 Å². The van der Waals surface area contributed by atoms with Gasteiger partial charge in [-0.25, -0.2) is 0 Å². The van der Waals surface area contributed by atoms with Gasteiger partial charge in [-0.3, -0.25) is 0 Å². The van der Waals surface area contributed by atoms with Crippen LogP contribution in [0.2, 0.25) is 0 Å². The van der Waals surface area contributed by atoms with Crippen molar-refractivity contribution in [1.82, 2.24) is 0 Å². The minimum atomic E-state index is 0.330. The average molecular weight is 185 g/mol. The summed E-state index contributed by atoms with van der Waals surface area (Å²) in [5.41, 5.74) is 1.26. The molecule has 0 bridgehead atoms. The van der Waals surface area contributed by atoms with Crippen LogP contribution >= 0.6 is 11.6 Å². The van der Waals surface area contributed by atoms with Crippen LogP contribution in [-0.2, 0) is 6.42 Å². The van der Waals surface area contributed by atoms with Crippen molar-refractivity contribution >= 4 is 11.6 Å². The molecule has 0 aromatic heterocycles. The Morgan fingerprint density at radius 1 is 1.08 bits per heavy atom. The Kier molecular flexibility index (Phi) is 3.95. The second-order valence-corrected chi connectivity index (χ2v) is 3.19. The van der Waals surface area contributed by atoms with Gasteiger partial charge in [-0.1, -0.05) is 12.1 Å². The molecule has 0 aliphatic carbocycles. The monoisotopic (exact) mass is 184 g/mol. The fourth-order valence-electron chi connectivity index (χ4n) is 1.09. The Hall–Kier alpha value is -0.690. The first-order valence-corrected chi connectivity index (χ1v) is 4.70. The molecule has 0 fully saturated rings. The molecule has 0 spiro atoms. The van der Waals surface area contributed by atoms with Crippen LogP contribution in [-0.4, -0.2) is 11.0 Å². The first-order valence-electron chi connectivity index (χ1n) is 4.17. The standard InChI is InChI=1S/C10H13ClO/c11-8-2-1-3-9-4-6-10(12)7-5-9/h4-7,12H,1-3,8H2. The number of aryl methyl sites for hydroxylation is 1. The van der Waals surface area contributed by atoms with Crippen LogP contribution in [0, 0.1) is 0 Å². The summed E-state index contributed by atoms with van der Waals surface area (Å²) in [6, 6.07) is 7.33. The number of hydrogen-bond donors (Lipinski definition) is 1. The summed E-state index contributed by atoms with van der Waals surface area (Å²) in [5, 5.41) is 9.01. The van der Waals surface area contributed by atoms with Crippen LogP contribution in [0.25, 0.3) is 0 Å². The molecule has 0 aliphatic heterocycles. The molecule has 66 valence electrons. The maximum atomic E-state index is 9.01. The molecule has 1 aromatic carbocycles. The molecule has 0 saturated heterocycles. The van der Waals surface area contributed by atoms with Gasteiger partial charge in [-0.15, -0.1) is 11.6 Å². The number of aromatic hydroxyl groups is 1. The molecule has 0 aliphatic rings. The molecule has 12 heavy (non-hydrogen) atoms. The van der Waals surface area contributed by atoms with Crippen LogP contribution < -0.4 is 0 Å². The van der Waals surface area contributed by atoms with Crippen LogP contribution in [0.5, 0.6) is 5.75 Å². The van der Waals surface area contributed by atoms with Crippen molar-refractivity contribution < 1.29 is 5.11 Å². The third-order valence-corrected chi connectivity index (χ3v) is 2.05. The number of rotatable bonds is 4. The highest BCUT2D eigenvalue weighted by Gasteiger charge is 1.92. The Balaban J connectivity index is 2.37. The summed E-state index contributed by atoms with van der Waals surface area (Å²) in [6.45, 7) is 0. The highest BCUT2D eigenvalue weighted by Crippen LogP contribution is 2.11. The fourth-order valence-corrected chi connectivity index (χ4v) is 1.28. The molecule has 0 saturated carbocycles. The molecule has 1 aromatic rings. The molecule has 0 radical (unpaired) electrons. The quantitative estimate of drug-likeness (QED) is 0.564. The Morgan fingerprint density at radius 3 is 2.33 bits per heavy atom. The SMILES string of the molecule is Oc1ccc(CCCCCl)cc1. The van der Waals surface area contributed by atoms with Crippen molar-refractivity contribution in [3.05, 3.63) is 29.8 Å². The zero-order valence-corrected chi connectivity index (χ0v) is 7.72. The number of alkyl halides is 1. The Labute approximate surface area is 78.0 Å². The van der Waals surface area contributed by atoms with E-state index in [9.17, 15) is 0 Å². The van der Waals surface area contributed by atoms with Gasteiger partial charge in [0.2, 0.25) is 0 Å². The van der Waals surface area contributed by atoms with Gasteiger partial charge in [0.05, 0.1) is 0 Å². The summed E-state index contributed by atoms with van der Waals surface area (Å²) >= 11 is 5.55. The van der Waals surface area contributed by atoms with E-state index in [-0.39, 0.29) is 0 Å². The third kappa shape index (κ3) is 3.14. The molecular formula is C10H13ClO. The Bertz CT molecular complexity index is 218. The minimum Gasteiger partial charge on any atom is -0.508 e. The lowest BCUT2D eigenvalue weighted by Crippen LogP contribution is -1.85. The van der Waals surface area contributed by atoms with Gasteiger partial charge in [0.15, 0.2) is 0 Å². The van der Waals surface area contributed by atoms with E-state index >= 15 is 0 Å². The van der Waals surface area contributed by atoms with Gasteiger partial charge in [-0.05, 0) is 37.0 Å². The van der Waals surface area contributed by atoms with Gasteiger partial charge in [-0.2, -0.15) is 0 Å². The van der Waals surface area contributed by atoms with E-state index in [2.05, 4.69) is 0 Å². The van der Waals surface area contributed by atoms with E-state index in [0.717, 1.165) is 25.1 Å². The molecule has 0 atom stereocenters. The van der Waals surface area contributed by atoms with Crippen molar-refractivity contribution in [2.24, 2.45) is 0 Å². The maximum absolute atomic E-state index is 9.01. The number of unbranched alkanes of at least 4 members (excludes halogenated alkanes) is 1. The van der Waals surface area contributed by atoms with Crippen molar-refractivity contribution in [1.29, 1.82) is 0 Å². The summed E-state index contributed by atoms with van der Waals surface area (Å²) in [4.78, 5) is 0. The molecule has 2 heteroatoms. The molecule has 0 heterocycles. The summed E-state index contributed by atoms with van der Waals surface area (Å²) < 4.78 is 0. The van der Waals surface area contributed by atoms with E-state index in [1.54, 1.807) is 12.1 Å². The molecule has 1 N–H and O–H groups in total. The summed E-state index contributed by atoms with van der Waals surface area (Å²) in [5.74, 6) is 1.06. The van der Waals surface area contributed by atoms with E-state index in [1.807, 2.05) is 12.1 Å². The smallest absolute Gasteiger partial charge is 0.115 e. The summed E-state index contributed by atoms with van der Waals surface area (Å²) in [6.07, 6.45) is 3.23. The highest BCUT2D eigenvalue weighted by molar-refractivity contribution is 6.17. The second kappa shape index (κ2) is 5.04. The summed E-state index contributed by atoms with van der Waals surface area (Å²) in [7, 11) is 0. The van der Waals surface area contributed by atoms with Crippen LogP contribution in [0.3, 0.4) is 0 Å². The van der Waals surface area contributed by atoms with Crippen LogP contribution in [0.15, 0.2) is 24.3 Å². The van der Waals surface area contributed by atoms with E-state index in [1.165, 1.54) is 5.56 Å². The van der Waals surface area contributed by atoms with Gasteiger partial charge in [0.1, 0.15) is 5.75 Å². The molecule has 1 rings (SSSR count). The zero-order valence-electron chi connectivity index (χ0n) is 6.96. The number of benzene rings is 1. The van der Waals surface area contributed by atoms with Crippen molar-refractivity contribution in [2.75, 3.05) is 5.88 Å². The van der Waals surface area contributed by atoms with Crippen LogP contribution in [0.4, 0.5) is 0 Å². The minimum absolute atomic E-state index is 0.330. The van der Waals surface area contributed by atoms with Crippen molar-refractivity contribution in [3.63, 3.8) is 0 Å². The first-order chi connectivity index (χ1) is 5.83. The van der Waals surface area contributed by atoms with Crippen molar-refractivity contribution in [2.45, 2.75) is 19.3 Å². The fraction of sp³-hybridized carbons (Fsp3) is 0.400. The number of phenolic OH excluding ortho intramolecular Hbond substituents is 1. The average Bonchev–Trinajstić information content (AvgIpc) is 2.09. The van der Waals surface area contributed by atoms with Crippen LogP contribution in [0.1, 0.15) is 18.4 Å². The lowest BCUT2D eigenvalue weighted by atomic mass is 10.1. The molecular weight excluding hydrogens is 172 g/mol. The highest BCUT2D eigenvalue weighted by atomic mass is 35.5. The molecule has 0 unspecified atom stereocenters. The first kappa shape index (κ1) is 9.40.